The maximum atomic E-state index is 11.9. The fourth-order valence-electron chi connectivity index (χ4n) is 2.21. The molecule has 2 fully saturated rings. The van der Waals surface area contributed by atoms with E-state index in [4.69, 9.17) is 4.74 Å². The molecule has 1 heterocycles. The van der Waals surface area contributed by atoms with Gasteiger partial charge in [0, 0.05) is 35.0 Å². The molecule has 4 heteroatoms. The monoisotopic (exact) mass is 231 g/mol. The fraction of sp³-hybridized carbons (Fsp3) is 1.00. The minimum absolute atomic E-state index is 0.266. The summed E-state index contributed by atoms with van der Waals surface area (Å²) in [6.07, 6.45) is 5.12. The Bertz CT molecular complexity index is 225. The molecule has 1 aliphatic heterocycles. The topological polar surface area (TPSA) is 38.3 Å². The van der Waals surface area contributed by atoms with E-state index in [2.05, 4.69) is 5.32 Å². The highest BCUT2D eigenvalue weighted by Gasteiger charge is 2.31. The van der Waals surface area contributed by atoms with E-state index in [9.17, 15) is 4.21 Å². The van der Waals surface area contributed by atoms with Crippen LogP contribution in [0, 0.1) is 5.92 Å². The van der Waals surface area contributed by atoms with Crippen molar-refractivity contribution in [2.24, 2.45) is 5.92 Å². The average molecular weight is 231 g/mol. The maximum absolute atomic E-state index is 11.9. The number of hydrogen-bond donors (Lipinski definition) is 1. The molecule has 0 radical (unpaired) electrons. The van der Waals surface area contributed by atoms with Gasteiger partial charge in [-0.15, -0.1) is 0 Å². The summed E-state index contributed by atoms with van der Waals surface area (Å²) in [7, 11) is 1.27. The first-order valence-corrected chi connectivity index (χ1v) is 7.42. The lowest BCUT2D eigenvalue weighted by molar-refractivity contribution is 0.128. The predicted octanol–water partition coefficient (Wildman–Crippen LogP) is 0.912. The Kier molecular flexibility index (Phi) is 4.17. The molecule has 3 nitrogen and oxygen atoms in total. The molecule has 0 spiro atoms. The van der Waals surface area contributed by atoms with Crippen molar-refractivity contribution in [3.8, 4) is 0 Å². The van der Waals surface area contributed by atoms with Crippen molar-refractivity contribution in [2.75, 3.05) is 25.2 Å². The molecule has 0 aromatic heterocycles. The van der Waals surface area contributed by atoms with Gasteiger partial charge in [0.25, 0.3) is 0 Å². The van der Waals surface area contributed by atoms with Crippen LogP contribution >= 0.6 is 0 Å². The summed E-state index contributed by atoms with van der Waals surface area (Å²) in [6, 6.07) is 0.465. The highest BCUT2D eigenvalue weighted by atomic mass is 32.2. The minimum Gasteiger partial charge on any atom is -0.377 e. The van der Waals surface area contributed by atoms with Crippen molar-refractivity contribution in [3.63, 3.8) is 0 Å². The predicted molar refractivity (Wildman–Crippen MR) is 62.4 cm³/mol. The SMILES string of the molecule is CNC(CS(=O)CC1CCCO1)C1CC1. The zero-order chi connectivity index (χ0) is 10.7. The first-order valence-electron chi connectivity index (χ1n) is 5.93. The molecule has 2 rings (SSSR count). The summed E-state index contributed by atoms with van der Waals surface area (Å²) in [5, 5.41) is 3.29. The van der Waals surface area contributed by atoms with Gasteiger partial charge in [-0.2, -0.15) is 0 Å². The van der Waals surface area contributed by atoms with Gasteiger partial charge in [0.1, 0.15) is 0 Å². The van der Waals surface area contributed by atoms with Gasteiger partial charge >= 0.3 is 0 Å². The summed E-state index contributed by atoms with van der Waals surface area (Å²) in [5.41, 5.74) is 0. The van der Waals surface area contributed by atoms with E-state index in [0.29, 0.717) is 6.04 Å². The highest BCUT2D eigenvalue weighted by Crippen LogP contribution is 2.32. The molecule has 15 heavy (non-hydrogen) atoms. The summed E-state index contributed by atoms with van der Waals surface area (Å²) in [6.45, 7) is 0.861. The van der Waals surface area contributed by atoms with E-state index >= 15 is 0 Å². The molecule has 1 saturated carbocycles. The van der Waals surface area contributed by atoms with Gasteiger partial charge in [-0.25, -0.2) is 0 Å². The summed E-state index contributed by atoms with van der Waals surface area (Å²) in [5.74, 6) is 2.33. The molecule has 88 valence electrons. The zero-order valence-corrected chi connectivity index (χ0v) is 10.2. The van der Waals surface area contributed by atoms with Crippen molar-refractivity contribution >= 4 is 10.8 Å². The van der Waals surface area contributed by atoms with Crippen LogP contribution in [0.3, 0.4) is 0 Å². The Hall–Kier alpha value is 0.0700. The number of rotatable bonds is 6. The fourth-order valence-corrected chi connectivity index (χ4v) is 3.86. The van der Waals surface area contributed by atoms with E-state index in [0.717, 1.165) is 36.9 Å². The second kappa shape index (κ2) is 5.41. The smallest absolute Gasteiger partial charge is 0.0691 e. The highest BCUT2D eigenvalue weighted by molar-refractivity contribution is 7.85. The molecule has 0 amide bonds. The summed E-state index contributed by atoms with van der Waals surface area (Å²) in [4.78, 5) is 0. The normalized spacial score (nSPS) is 30.3. The summed E-state index contributed by atoms with van der Waals surface area (Å²) < 4.78 is 17.4. The molecule has 1 saturated heterocycles. The third-order valence-electron chi connectivity index (χ3n) is 3.32. The van der Waals surface area contributed by atoms with Crippen molar-refractivity contribution in [1.82, 2.24) is 5.32 Å². The molecule has 1 aliphatic carbocycles. The van der Waals surface area contributed by atoms with Crippen LogP contribution in [0.15, 0.2) is 0 Å². The lowest BCUT2D eigenvalue weighted by atomic mass is 10.2. The quantitative estimate of drug-likeness (QED) is 0.738. The van der Waals surface area contributed by atoms with Crippen molar-refractivity contribution in [3.05, 3.63) is 0 Å². The number of ether oxygens (including phenoxy) is 1. The second-order valence-electron chi connectivity index (χ2n) is 4.64. The Morgan fingerprint density at radius 2 is 2.27 bits per heavy atom. The molecular formula is C11H21NO2S. The van der Waals surface area contributed by atoms with Crippen molar-refractivity contribution < 1.29 is 8.95 Å². The van der Waals surface area contributed by atoms with E-state index in [1.54, 1.807) is 0 Å². The van der Waals surface area contributed by atoms with Gasteiger partial charge in [-0.3, -0.25) is 4.21 Å². The standard InChI is InChI=1S/C11H21NO2S/c1-12-11(9-4-5-9)8-15(13)7-10-3-2-6-14-10/h9-12H,2-8H2,1H3. The Balaban J connectivity index is 1.70. The first-order chi connectivity index (χ1) is 7.29. The number of hydrogen-bond acceptors (Lipinski definition) is 3. The molecule has 2 aliphatic rings. The molecule has 3 unspecified atom stereocenters. The van der Waals surface area contributed by atoms with E-state index in [1.807, 2.05) is 7.05 Å². The Morgan fingerprint density at radius 3 is 2.80 bits per heavy atom. The first kappa shape index (κ1) is 11.6. The Labute approximate surface area is 94.4 Å². The van der Waals surface area contributed by atoms with Crippen LogP contribution in [0.4, 0.5) is 0 Å². The van der Waals surface area contributed by atoms with Gasteiger partial charge in [-0.05, 0) is 38.6 Å². The molecule has 1 N–H and O–H groups in total. The molecule has 0 bridgehead atoms. The van der Waals surface area contributed by atoms with Crippen LogP contribution in [-0.4, -0.2) is 41.5 Å². The Morgan fingerprint density at radius 1 is 1.47 bits per heavy atom. The van der Waals surface area contributed by atoms with Crippen LogP contribution in [0.25, 0.3) is 0 Å². The summed E-state index contributed by atoms with van der Waals surface area (Å²) >= 11 is 0. The molecule has 3 atom stereocenters. The van der Waals surface area contributed by atoms with E-state index < -0.39 is 10.8 Å². The lowest BCUT2D eigenvalue weighted by Crippen LogP contribution is -2.34. The third-order valence-corrected chi connectivity index (χ3v) is 4.80. The minimum atomic E-state index is -0.708. The van der Waals surface area contributed by atoms with Crippen molar-refractivity contribution in [1.29, 1.82) is 0 Å². The van der Waals surface area contributed by atoms with Crippen LogP contribution in [0.1, 0.15) is 25.7 Å². The maximum Gasteiger partial charge on any atom is 0.0691 e. The molecule has 0 aromatic rings. The van der Waals surface area contributed by atoms with E-state index in [1.165, 1.54) is 12.8 Å². The zero-order valence-electron chi connectivity index (χ0n) is 9.41. The lowest BCUT2D eigenvalue weighted by Gasteiger charge is -2.16. The largest absolute Gasteiger partial charge is 0.377 e. The van der Waals surface area contributed by atoms with Crippen molar-refractivity contribution in [2.45, 2.75) is 37.8 Å². The molecule has 0 aromatic carbocycles. The number of nitrogens with one attached hydrogen (secondary N) is 1. The van der Waals surface area contributed by atoms with Gasteiger partial charge < -0.3 is 10.1 Å². The van der Waals surface area contributed by atoms with E-state index in [-0.39, 0.29) is 6.10 Å². The van der Waals surface area contributed by atoms with Gasteiger partial charge in [0.2, 0.25) is 0 Å². The van der Waals surface area contributed by atoms with Gasteiger partial charge in [0.15, 0.2) is 0 Å². The third kappa shape index (κ3) is 3.54. The van der Waals surface area contributed by atoms with Crippen LogP contribution < -0.4 is 5.32 Å². The van der Waals surface area contributed by atoms with Gasteiger partial charge in [-0.1, -0.05) is 0 Å². The van der Waals surface area contributed by atoms with Crippen LogP contribution in [0.5, 0.6) is 0 Å². The molecular weight excluding hydrogens is 210 g/mol. The second-order valence-corrected chi connectivity index (χ2v) is 6.19. The van der Waals surface area contributed by atoms with Gasteiger partial charge in [0.05, 0.1) is 6.10 Å². The van der Waals surface area contributed by atoms with Crippen LogP contribution in [-0.2, 0) is 15.5 Å². The van der Waals surface area contributed by atoms with Crippen LogP contribution in [0.2, 0.25) is 0 Å². The average Bonchev–Trinajstić information content (AvgIpc) is 2.95.